The molecule has 28 heavy (non-hydrogen) atoms. The summed E-state index contributed by atoms with van der Waals surface area (Å²) in [5.74, 6) is 2.28. The second-order valence-corrected chi connectivity index (χ2v) is 9.33. The van der Waals surface area contributed by atoms with Gasteiger partial charge in [0.1, 0.15) is 0 Å². The van der Waals surface area contributed by atoms with E-state index in [0.29, 0.717) is 29.2 Å². The van der Waals surface area contributed by atoms with E-state index in [1.54, 1.807) is 12.1 Å². The van der Waals surface area contributed by atoms with Crippen LogP contribution in [0.3, 0.4) is 0 Å². The van der Waals surface area contributed by atoms with Gasteiger partial charge in [-0.05, 0) is 69.3 Å². The summed E-state index contributed by atoms with van der Waals surface area (Å²) in [7, 11) is 0. The molecule has 148 valence electrons. The molecule has 4 fully saturated rings. The van der Waals surface area contributed by atoms with Crippen molar-refractivity contribution in [1.82, 2.24) is 5.01 Å². The number of amides is 1. The van der Waals surface area contributed by atoms with E-state index in [1.165, 1.54) is 43.3 Å². The van der Waals surface area contributed by atoms with Gasteiger partial charge in [0.15, 0.2) is 0 Å². The van der Waals surface area contributed by atoms with Gasteiger partial charge < -0.3 is 4.74 Å². The van der Waals surface area contributed by atoms with Crippen molar-refractivity contribution in [3.05, 3.63) is 39.9 Å². The number of benzene rings is 1. The number of ether oxygens (including phenoxy) is 1. The summed E-state index contributed by atoms with van der Waals surface area (Å²) < 4.78 is 6.46. The Morgan fingerprint density at radius 3 is 2.36 bits per heavy atom. The molecule has 4 saturated carbocycles. The first kappa shape index (κ1) is 17.6. The van der Waals surface area contributed by atoms with Crippen LogP contribution in [0.5, 0.6) is 0 Å². The van der Waals surface area contributed by atoms with Crippen LogP contribution in [-0.2, 0) is 9.53 Å². The van der Waals surface area contributed by atoms with Gasteiger partial charge in [-0.2, -0.15) is 5.01 Å². The number of hydrogen-bond acceptors (Lipinski definition) is 5. The lowest BCUT2D eigenvalue weighted by Crippen LogP contribution is -2.63. The normalized spacial score (nSPS) is 38.3. The smallest absolute Gasteiger partial charge is 0.270 e. The Bertz CT molecular complexity index is 860. The summed E-state index contributed by atoms with van der Waals surface area (Å²) in [5.41, 5.74) is -0.413. The van der Waals surface area contributed by atoms with Crippen molar-refractivity contribution in [2.45, 2.75) is 58.1 Å². The molecule has 0 radical (unpaired) electrons. The van der Waals surface area contributed by atoms with Crippen LogP contribution in [0.15, 0.2) is 29.4 Å². The number of hydrogen-bond donors (Lipinski definition) is 0. The van der Waals surface area contributed by atoms with Gasteiger partial charge in [0.05, 0.1) is 4.92 Å². The van der Waals surface area contributed by atoms with E-state index in [0.717, 1.165) is 19.3 Å². The lowest BCUT2D eigenvalue weighted by atomic mass is 9.47. The van der Waals surface area contributed by atoms with Crippen LogP contribution in [0.4, 0.5) is 5.69 Å². The standard InChI is InChI=1S/C21H25N3O4/c1-13(25)23-20(2,21-10-14-6-15(11-21)8-16(7-14)12-21)28-19(22-23)17-4-3-5-18(9-17)24(26)27/h3-5,9,14-16H,6-8,10-12H2,1-2H3/t14?,15?,16?,20-,21?/m0/s1. The van der Waals surface area contributed by atoms with E-state index < -0.39 is 10.6 Å². The molecule has 1 amide bonds. The lowest BCUT2D eigenvalue weighted by Gasteiger charge is -2.61. The molecule has 6 rings (SSSR count). The van der Waals surface area contributed by atoms with Crippen molar-refractivity contribution in [2.75, 3.05) is 0 Å². The molecule has 7 nitrogen and oxygen atoms in total. The first-order valence-corrected chi connectivity index (χ1v) is 10.1. The Morgan fingerprint density at radius 2 is 1.82 bits per heavy atom. The third-order valence-electron chi connectivity index (χ3n) is 7.51. The molecule has 4 bridgehead atoms. The molecule has 0 spiro atoms. The van der Waals surface area contributed by atoms with E-state index in [-0.39, 0.29) is 17.0 Å². The predicted octanol–water partition coefficient (Wildman–Crippen LogP) is 4.07. The first-order chi connectivity index (χ1) is 13.3. The molecule has 1 heterocycles. The molecule has 0 saturated heterocycles. The minimum absolute atomic E-state index is 0.0124. The number of carbonyl (C=O) groups excluding carboxylic acids is 1. The molecule has 0 unspecified atom stereocenters. The van der Waals surface area contributed by atoms with Gasteiger partial charge >= 0.3 is 0 Å². The fraction of sp³-hybridized carbons (Fsp3) is 0.619. The number of nitro groups is 1. The Labute approximate surface area is 163 Å². The zero-order chi connectivity index (χ0) is 19.7. The van der Waals surface area contributed by atoms with Crippen LogP contribution in [0.1, 0.15) is 57.9 Å². The second-order valence-electron chi connectivity index (χ2n) is 9.33. The Morgan fingerprint density at radius 1 is 1.21 bits per heavy atom. The highest BCUT2D eigenvalue weighted by molar-refractivity contribution is 5.97. The molecule has 1 aromatic carbocycles. The number of non-ortho nitro benzene ring substituents is 1. The third-order valence-corrected chi connectivity index (χ3v) is 7.51. The Kier molecular flexibility index (Phi) is 3.64. The summed E-state index contributed by atoms with van der Waals surface area (Å²) in [6, 6.07) is 6.27. The molecule has 0 N–H and O–H groups in total. The number of carbonyl (C=O) groups is 1. The van der Waals surface area contributed by atoms with Gasteiger partial charge in [-0.3, -0.25) is 14.9 Å². The fourth-order valence-electron chi connectivity index (χ4n) is 6.69. The maximum absolute atomic E-state index is 12.5. The molecular weight excluding hydrogens is 358 g/mol. The van der Waals surface area contributed by atoms with E-state index in [2.05, 4.69) is 5.10 Å². The van der Waals surface area contributed by atoms with Crippen LogP contribution in [0.25, 0.3) is 0 Å². The molecule has 4 aliphatic carbocycles. The van der Waals surface area contributed by atoms with Crippen LogP contribution in [-0.4, -0.2) is 27.5 Å². The molecule has 0 aromatic heterocycles. The molecule has 7 heteroatoms. The van der Waals surface area contributed by atoms with E-state index in [4.69, 9.17) is 4.74 Å². The fourth-order valence-corrected chi connectivity index (χ4v) is 6.69. The summed E-state index contributed by atoms with van der Waals surface area (Å²) in [6.45, 7) is 3.51. The van der Waals surface area contributed by atoms with Crippen molar-refractivity contribution in [2.24, 2.45) is 28.3 Å². The second kappa shape index (κ2) is 5.78. The zero-order valence-electron chi connectivity index (χ0n) is 16.3. The van der Waals surface area contributed by atoms with Crippen LogP contribution >= 0.6 is 0 Å². The van der Waals surface area contributed by atoms with E-state index >= 15 is 0 Å². The van der Waals surface area contributed by atoms with Gasteiger partial charge in [0.2, 0.25) is 17.5 Å². The van der Waals surface area contributed by atoms with Crippen molar-refractivity contribution >= 4 is 17.5 Å². The van der Waals surface area contributed by atoms with E-state index in [1.807, 2.05) is 6.92 Å². The monoisotopic (exact) mass is 383 g/mol. The molecule has 1 aliphatic heterocycles. The topological polar surface area (TPSA) is 85.0 Å². The average molecular weight is 383 g/mol. The van der Waals surface area contributed by atoms with E-state index in [9.17, 15) is 14.9 Å². The average Bonchev–Trinajstić information content (AvgIpc) is 3.00. The maximum Gasteiger partial charge on any atom is 0.270 e. The summed E-state index contributed by atoms with van der Waals surface area (Å²) in [5, 5.41) is 17.2. The minimum Gasteiger partial charge on any atom is -0.447 e. The van der Waals surface area contributed by atoms with Crippen LogP contribution in [0.2, 0.25) is 0 Å². The SMILES string of the molecule is CC(=O)N1N=C(c2cccc([N+](=O)[O-])c2)O[C@@]1(C)C12CC3CC(CC(C3)C1)C2. The minimum atomic E-state index is -0.838. The number of nitro benzene ring substituents is 1. The quantitative estimate of drug-likeness (QED) is 0.582. The number of hydrazone groups is 1. The highest BCUT2D eigenvalue weighted by Crippen LogP contribution is 2.65. The van der Waals surface area contributed by atoms with Crippen molar-refractivity contribution in [3.8, 4) is 0 Å². The van der Waals surface area contributed by atoms with Crippen molar-refractivity contribution in [3.63, 3.8) is 0 Å². The zero-order valence-corrected chi connectivity index (χ0v) is 16.3. The van der Waals surface area contributed by atoms with Crippen LogP contribution in [0, 0.1) is 33.3 Å². The molecular formula is C21H25N3O4. The highest BCUT2D eigenvalue weighted by Gasteiger charge is 2.65. The molecule has 1 aromatic rings. The van der Waals surface area contributed by atoms with Crippen molar-refractivity contribution in [1.29, 1.82) is 0 Å². The Balaban J connectivity index is 1.53. The van der Waals surface area contributed by atoms with Crippen LogP contribution < -0.4 is 0 Å². The van der Waals surface area contributed by atoms with Gasteiger partial charge in [-0.25, -0.2) is 0 Å². The largest absolute Gasteiger partial charge is 0.447 e. The van der Waals surface area contributed by atoms with Gasteiger partial charge in [-0.15, -0.1) is 5.10 Å². The highest BCUT2D eigenvalue weighted by atomic mass is 16.6. The van der Waals surface area contributed by atoms with Gasteiger partial charge in [0, 0.05) is 30.0 Å². The molecule has 1 atom stereocenters. The summed E-state index contributed by atoms with van der Waals surface area (Å²) >= 11 is 0. The molecule has 5 aliphatic rings. The first-order valence-electron chi connectivity index (χ1n) is 10.1. The van der Waals surface area contributed by atoms with Crippen molar-refractivity contribution < 1.29 is 14.5 Å². The summed E-state index contributed by atoms with van der Waals surface area (Å²) in [4.78, 5) is 23.3. The summed E-state index contributed by atoms with van der Waals surface area (Å²) in [6.07, 6.45) is 7.10. The number of rotatable bonds is 3. The maximum atomic E-state index is 12.5. The van der Waals surface area contributed by atoms with Gasteiger partial charge in [0.25, 0.3) is 5.69 Å². The lowest BCUT2D eigenvalue weighted by molar-refractivity contribution is -0.384. The third kappa shape index (κ3) is 2.41. The predicted molar refractivity (Wildman–Crippen MR) is 102 cm³/mol. The number of nitrogens with zero attached hydrogens (tertiary/aromatic N) is 3. The Hall–Kier alpha value is -2.44. The van der Waals surface area contributed by atoms with Gasteiger partial charge in [-0.1, -0.05) is 6.07 Å².